The topological polar surface area (TPSA) is 0 Å². The van der Waals surface area contributed by atoms with Crippen LogP contribution in [0, 0.1) is 5.92 Å². The number of rotatable bonds is 3. The first-order valence-corrected chi connectivity index (χ1v) is 7.08. The number of hydrogen-bond acceptors (Lipinski definition) is 0. The summed E-state index contributed by atoms with van der Waals surface area (Å²) in [6, 6.07) is 7.49. The van der Waals surface area contributed by atoms with Gasteiger partial charge < -0.3 is 0 Å². The maximum absolute atomic E-state index is 6.20. The van der Waals surface area contributed by atoms with Crippen molar-refractivity contribution >= 4 is 58.0 Å². The molecule has 96 valence electrons. The first-order valence-electron chi connectivity index (χ1n) is 5.19. The number of benzene rings is 1. The van der Waals surface area contributed by atoms with Crippen molar-refractivity contribution in [2.24, 2.45) is 5.92 Å². The molecule has 0 aromatic heterocycles. The van der Waals surface area contributed by atoms with E-state index in [1.54, 1.807) is 6.07 Å². The highest BCUT2D eigenvalue weighted by Gasteiger charge is 2.48. The molecule has 5 heteroatoms. The summed E-state index contributed by atoms with van der Waals surface area (Å²) < 4.78 is -3.33. The molecule has 0 amide bonds. The second-order valence-electron chi connectivity index (χ2n) is 4.33. The molecular formula is C12H13Cl5. The average molecular weight is 335 g/mol. The molecule has 1 aromatic rings. The SMILES string of the molecule is CC(C)Cc1ccccc1C(Cl)(Cl)C(Cl)(Cl)Cl. The lowest BCUT2D eigenvalue weighted by Gasteiger charge is -2.30. The Morgan fingerprint density at radius 2 is 1.53 bits per heavy atom. The van der Waals surface area contributed by atoms with Crippen molar-refractivity contribution in [3.8, 4) is 0 Å². The predicted molar refractivity (Wildman–Crippen MR) is 78.7 cm³/mol. The molecular weight excluding hydrogens is 321 g/mol. The minimum atomic E-state index is -1.77. The van der Waals surface area contributed by atoms with Crippen molar-refractivity contribution < 1.29 is 0 Å². The molecule has 0 bridgehead atoms. The lowest BCUT2D eigenvalue weighted by Crippen LogP contribution is -2.29. The molecule has 1 aromatic carbocycles. The van der Waals surface area contributed by atoms with E-state index < -0.39 is 8.13 Å². The molecule has 0 saturated carbocycles. The van der Waals surface area contributed by atoms with E-state index in [9.17, 15) is 0 Å². The Kier molecular flexibility index (Phi) is 5.32. The summed E-state index contributed by atoms with van der Waals surface area (Å²) in [5, 5.41) is 0. The van der Waals surface area contributed by atoms with Crippen LogP contribution in [-0.2, 0) is 10.8 Å². The summed E-state index contributed by atoms with van der Waals surface area (Å²) in [6.45, 7) is 4.21. The fourth-order valence-corrected chi connectivity index (χ4v) is 2.27. The van der Waals surface area contributed by atoms with Crippen LogP contribution in [0.25, 0.3) is 0 Å². The maximum Gasteiger partial charge on any atom is 0.227 e. The zero-order chi connectivity index (χ0) is 13.3. The lowest BCUT2D eigenvalue weighted by molar-refractivity contribution is 0.639. The van der Waals surface area contributed by atoms with Crippen molar-refractivity contribution in [2.45, 2.75) is 28.4 Å². The molecule has 0 aliphatic heterocycles. The smallest absolute Gasteiger partial charge is 0.0915 e. The van der Waals surface area contributed by atoms with Gasteiger partial charge in [0, 0.05) is 0 Å². The maximum atomic E-state index is 6.20. The molecule has 0 radical (unpaired) electrons. The third-order valence-electron chi connectivity index (χ3n) is 2.34. The van der Waals surface area contributed by atoms with Gasteiger partial charge in [0.1, 0.15) is 0 Å². The van der Waals surface area contributed by atoms with Crippen molar-refractivity contribution in [3.63, 3.8) is 0 Å². The van der Waals surface area contributed by atoms with Crippen LogP contribution in [0.3, 0.4) is 0 Å². The van der Waals surface area contributed by atoms with Crippen LogP contribution in [0.4, 0.5) is 0 Å². The van der Waals surface area contributed by atoms with E-state index in [1.165, 1.54) is 0 Å². The van der Waals surface area contributed by atoms with E-state index in [0.29, 0.717) is 11.5 Å². The second-order valence-corrected chi connectivity index (χ2v) is 7.94. The molecule has 0 atom stereocenters. The standard InChI is InChI=1S/C12H13Cl5/c1-8(2)7-9-5-3-4-6-10(9)11(13,14)12(15,16)17/h3-6,8H,7H2,1-2H3. The summed E-state index contributed by atoms with van der Waals surface area (Å²) in [6.07, 6.45) is 0.831. The molecule has 0 saturated heterocycles. The van der Waals surface area contributed by atoms with Gasteiger partial charge in [-0.1, -0.05) is 96.1 Å². The van der Waals surface area contributed by atoms with Gasteiger partial charge in [0.05, 0.1) is 0 Å². The Morgan fingerprint density at radius 3 is 2.00 bits per heavy atom. The minimum absolute atomic E-state index is 0.468. The number of hydrogen-bond donors (Lipinski definition) is 0. The van der Waals surface area contributed by atoms with Crippen LogP contribution in [-0.4, -0.2) is 3.79 Å². The Morgan fingerprint density at radius 1 is 1.00 bits per heavy atom. The zero-order valence-electron chi connectivity index (χ0n) is 9.48. The Hall–Kier alpha value is 0.670. The van der Waals surface area contributed by atoms with Gasteiger partial charge in [0.15, 0.2) is 4.33 Å². The predicted octanol–water partition coefficient (Wildman–Crippen LogP) is 5.89. The van der Waals surface area contributed by atoms with Gasteiger partial charge in [-0.25, -0.2) is 0 Å². The molecule has 0 N–H and O–H groups in total. The van der Waals surface area contributed by atoms with Crippen LogP contribution < -0.4 is 0 Å². The van der Waals surface area contributed by atoms with Crippen LogP contribution in [0.2, 0.25) is 0 Å². The minimum Gasteiger partial charge on any atom is -0.0915 e. The van der Waals surface area contributed by atoms with Gasteiger partial charge in [-0.05, 0) is 23.5 Å². The number of alkyl halides is 5. The van der Waals surface area contributed by atoms with Crippen LogP contribution in [0.1, 0.15) is 25.0 Å². The molecule has 0 unspecified atom stereocenters. The van der Waals surface area contributed by atoms with Gasteiger partial charge >= 0.3 is 0 Å². The Labute approximate surface area is 127 Å². The molecule has 0 aliphatic carbocycles. The van der Waals surface area contributed by atoms with Gasteiger partial charge in [0.25, 0.3) is 0 Å². The van der Waals surface area contributed by atoms with E-state index in [0.717, 1.165) is 12.0 Å². The molecule has 17 heavy (non-hydrogen) atoms. The van der Waals surface area contributed by atoms with Crippen molar-refractivity contribution in [1.29, 1.82) is 0 Å². The summed E-state index contributed by atoms with van der Waals surface area (Å²) in [5.74, 6) is 0.468. The second kappa shape index (κ2) is 5.75. The average Bonchev–Trinajstić information content (AvgIpc) is 2.15. The molecule has 1 rings (SSSR count). The van der Waals surface area contributed by atoms with E-state index >= 15 is 0 Å². The van der Waals surface area contributed by atoms with Crippen LogP contribution in [0.15, 0.2) is 24.3 Å². The first-order chi connectivity index (χ1) is 7.66. The monoisotopic (exact) mass is 332 g/mol. The van der Waals surface area contributed by atoms with E-state index in [4.69, 9.17) is 58.0 Å². The van der Waals surface area contributed by atoms with E-state index in [1.807, 2.05) is 18.2 Å². The number of halogens is 5. The highest BCUT2D eigenvalue weighted by atomic mass is 35.6. The van der Waals surface area contributed by atoms with Crippen LogP contribution in [0.5, 0.6) is 0 Å². The van der Waals surface area contributed by atoms with E-state index in [2.05, 4.69) is 13.8 Å². The molecule has 0 aliphatic rings. The molecule has 0 heterocycles. The third-order valence-corrected chi connectivity index (χ3v) is 4.74. The summed E-state index contributed by atoms with van der Waals surface area (Å²) in [7, 11) is 0. The first kappa shape index (κ1) is 15.7. The van der Waals surface area contributed by atoms with Crippen LogP contribution >= 0.6 is 58.0 Å². The largest absolute Gasteiger partial charge is 0.227 e. The van der Waals surface area contributed by atoms with Crippen molar-refractivity contribution in [2.75, 3.05) is 0 Å². The quantitative estimate of drug-likeness (QED) is 0.605. The highest BCUT2D eigenvalue weighted by Crippen LogP contribution is 2.53. The zero-order valence-corrected chi connectivity index (χ0v) is 13.3. The molecule has 0 fully saturated rings. The molecule has 0 nitrogen and oxygen atoms in total. The van der Waals surface area contributed by atoms with Crippen molar-refractivity contribution in [1.82, 2.24) is 0 Å². The summed E-state index contributed by atoms with van der Waals surface area (Å²) in [5.41, 5.74) is 1.65. The van der Waals surface area contributed by atoms with Gasteiger partial charge in [-0.15, -0.1) is 0 Å². The Bertz CT molecular complexity index is 379. The third kappa shape index (κ3) is 3.81. The summed E-state index contributed by atoms with van der Waals surface area (Å²) in [4.78, 5) is 0. The van der Waals surface area contributed by atoms with Crippen molar-refractivity contribution in [3.05, 3.63) is 35.4 Å². The fraction of sp³-hybridized carbons (Fsp3) is 0.500. The normalized spacial score (nSPS) is 13.2. The fourth-order valence-electron chi connectivity index (χ4n) is 1.60. The van der Waals surface area contributed by atoms with E-state index in [-0.39, 0.29) is 0 Å². The molecule has 0 spiro atoms. The van der Waals surface area contributed by atoms with Gasteiger partial charge in [-0.3, -0.25) is 0 Å². The van der Waals surface area contributed by atoms with Gasteiger partial charge in [-0.2, -0.15) is 0 Å². The Balaban J connectivity index is 3.22. The lowest BCUT2D eigenvalue weighted by atomic mass is 9.96. The van der Waals surface area contributed by atoms with Gasteiger partial charge in [0.2, 0.25) is 3.79 Å². The highest BCUT2D eigenvalue weighted by molar-refractivity contribution is 6.75. The summed E-state index contributed by atoms with van der Waals surface area (Å²) >= 11 is 29.9.